The second-order valence-electron chi connectivity index (χ2n) is 4.07. The van der Waals surface area contributed by atoms with E-state index in [0.717, 1.165) is 0 Å². The van der Waals surface area contributed by atoms with Crippen molar-refractivity contribution in [3.05, 3.63) is 0 Å². The number of ether oxygens (including phenoxy) is 1. The van der Waals surface area contributed by atoms with Crippen LogP contribution >= 0.6 is 0 Å². The Bertz CT molecular complexity index is 177. The molecule has 0 aromatic heterocycles. The molecule has 0 bridgehead atoms. The van der Waals surface area contributed by atoms with Gasteiger partial charge in [-0.3, -0.25) is 4.79 Å². The molecule has 3 atom stereocenters. The zero-order valence-corrected chi connectivity index (χ0v) is 8.88. The molecule has 0 aliphatic heterocycles. The van der Waals surface area contributed by atoms with E-state index in [1.807, 2.05) is 0 Å². The molecular formula is C11H20O2. The van der Waals surface area contributed by atoms with Crippen LogP contribution in [-0.4, -0.2) is 13.1 Å². The van der Waals surface area contributed by atoms with Gasteiger partial charge in [0, 0.05) is 0 Å². The highest BCUT2D eigenvalue weighted by Crippen LogP contribution is 2.49. The number of hydrogen-bond donors (Lipinski definition) is 0. The molecule has 0 N–H and O–H groups in total. The van der Waals surface area contributed by atoms with Crippen LogP contribution in [0.25, 0.3) is 0 Å². The number of hydrogen-bond acceptors (Lipinski definition) is 2. The Morgan fingerprint density at radius 1 is 1.38 bits per heavy atom. The summed E-state index contributed by atoms with van der Waals surface area (Å²) < 4.78 is 4.74. The van der Waals surface area contributed by atoms with E-state index in [1.165, 1.54) is 32.8 Å². The average molecular weight is 184 g/mol. The van der Waals surface area contributed by atoms with E-state index in [-0.39, 0.29) is 11.9 Å². The van der Waals surface area contributed by atoms with Gasteiger partial charge in [0.1, 0.15) is 0 Å². The molecule has 1 aliphatic carbocycles. The zero-order valence-electron chi connectivity index (χ0n) is 8.88. The number of carbonyl (C=O) groups excluding carboxylic acids is 1. The molecule has 0 spiro atoms. The molecule has 2 heteroatoms. The maximum atomic E-state index is 11.2. The van der Waals surface area contributed by atoms with E-state index in [9.17, 15) is 4.79 Å². The SMILES string of the molecule is CCCCC[C@@H]1[C@H](C)[C@@H]1C(=O)OC. The zero-order chi connectivity index (χ0) is 9.84. The number of methoxy groups -OCH3 is 1. The largest absolute Gasteiger partial charge is 0.469 e. The third kappa shape index (κ3) is 2.45. The monoisotopic (exact) mass is 184 g/mol. The third-order valence-electron chi connectivity index (χ3n) is 3.18. The van der Waals surface area contributed by atoms with Crippen molar-refractivity contribution in [1.82, 2.24) is 0 Å². The second kappa shape index (κ2) is 4.64. The molecule has 2 nitrogen and oxygen atoms in total. The molecule has 0 amide bonds. The second-order valence-corrected chi connectivity index (χ2v) is 4.07. The molecule has 0 unspecified atom stereocenters. The van der Waals surface area contributed by atoms with Crippen molar-refractivity contribution in [2.24, 2.45) is 17.8 Å². The fourth-order valence-electron chi connectivity index (χ4n) is 2.14. The smallest absolute Gasteiger partial charge is 0.309 e. The van der Waals surface area contributed by atoms with E-state index < -0.39 is 0 Å². The van der Waals surface area contributed by atoms with Crippen LogP contribution in [-0.2, 0) is 9.53 Å². The predicted octanol–water partition coefficient (Wildman–Crippen LogP) is 2.62. The molecule has 13 heavy (non-hydrogen) atoms. The Labute approximate surface area is 80.7 Å². The lowest BCUT2D eigenvalue weighted by Gasteiger charge is -1.97. The summed E-state index contributed by atoms with van der Waals surface area (Å²) in [5.74, 6) is 1.37. The minimum Gasteiger partial charge on any atom is -0.469 e. The van der Waals surface area contributed by atoms with Gasteiger partial charge < -0.3 is 4.74 Å². The number of unbranched alkanes of at least 4 members (excludes halogenated alkanes) is 2. The third-order valence-corrected chi connectivity index (χ3v) is 3.18. The summed E-state index contributed by atoms with van der Waals surface area (Å²) in [6.07, 6.45) is 5.01. The van der Waals surface area contributed by atoms with Crippen LogP contribution in [0.3, 0.4) is 0 Å². The first-order valence-corrected chi connectivity index (χ1v) is 5.30. The first-order chi connectivity index (χ1) is 6.22. The van der Waals surface area contributed by atoms with E-state index >= 15 is 0 Å². The minimum absolute atomic E-state index is 0.00556. The topological polar surface area (TPSA) is 26.3 Å². The highest BCUT2D eigenvalue weighted by Gasteiger charge is 2.51. The van der Waals surface area contributed by atoms with Crippen molar-refractivity contribution in [3.8, 4) is 0 Å². The number of carbonyl (C=O) groups is 1. The molecule has 0 aromatic rings. The van der Waals surface area contributed by atoms with Gasteiger partial charge in [0.25, 0.3) is 0 Å². The summed E-state index contributed by atoms with van der Waals surface area (Å²) in [5, 5.41) is 0. The average Bonchev–Trinajstić information content (AvgIpc) is 2.76. The lowest BCUT2D eigenvalue weighted by atomic mass is 10.1. The molecule has 1 fully saturated rings. The van der Waals surface area contributed by atoms with Gasteiger partial charge in [-0.25, -0.2) is 0 Å². The Morgan fingerprint density at radius 3 is 2.62 bits per heavy atom. The maximum absolute atomic E-state index is 11.2. The van der Waals surface area contributed by atoms with Crippen molar-refractivity contribution in [2.75, 3.05) is 7.11 Å². The van der Waals surface area contributed by atoms with Gasteiger partial charge in [-0.1, -0.05) is 33.1 Å². The van der Waals surface area contributed by atoms with Crippen molar-refractivity contribution in [2.45, 2.75) is 39.5 Å². The molecule has 1 aliphatic rings. The predicted molar refractivity (Wildman–Crippen MR) is 52.3 cm³/mol. The summed E-state index contributed by atoms with van der Waals surface area (Å²) in [6.45, 7) is 4.35. The number of rotatable bonds is 5. The van der Waals surface area contributed by atoms with Crippen molar-refractivity contribution in [1.29, 1.82) is 0 Å². The Morgan fingerprint density at radius 2 is 2.08 bits per heavy atom. The van der Waals surface area contributed by atoms with Crippen molar-refractivity contribution >= 4 is 5.97 Å². The van der Waals surface area contributed by atoms with E-state index in [1.54, 1.807) is 0 Å². The number of esters is 1. The highest BCUT2D eigenvalue weighted by molar-refractivity contribution is 5.76. The molecule has 0 aromatic carbocycles. The molecular weight excluding hydrogens is 164 g/mol. The minimum atomic E-state index is -0.00556. The molecule has 0 heterocycles. The lowest BCUT2D eigenvalue weighted by molar-refractivity contribution is -0.142. The van der Waals surface area contributed by atoms with E-state index in [0.29, 0.717) is 11.8 Å². The van der Waals surface area contributed by atoms with Crippen LogP contribution in [0.15, 0.2) is 0 Å². The normalized spacial score (nSPS) is 31.5. The van der Waals surface area contributed by atoms with Crippen LogP contribution in [0.2, 0.25) is 0 Å². The van der Waals surface area contributed by atoms with Gasteiger partial charge in [-0.2, -0.15) is 0 Å². The van der Waals surface area contributed by atoms with Gasteiger partial charge >= 0.3 is 5.97 Å². The first-order valence-electron chi connectivity index (χ1n) is 5.30. The molecule has 1 rings (SSSR count). The van der Waals surface area contributed by atoms with Crippen molar-refractivity contribution < 1.29 is 9.53 Å². The van der Waals surface area contributed by atoms with Crippen LogP contribution in [0.5, 0.6) is 0 Å². The van der Waals surface area contributed by atoms with Crippen LogP contribution in [0, 0.1) is 17.8 Å². The maximum Gasteiger partial charge on any atom is 0.309 e. The van der Waals surface area contributed by atoms with Gasteiger partial charge in [0.2, 0.25) is 0 Å². The quantitative estimate of drug-likeness (QED) is 0.485. The Hall–Kier alpha value is -0.530. The Balaban J connectivity index is 2.20. The van der Waals surface area contributed by atoms with Gasteiger partial charge in [0.05, 0.1) is 13.0 Å². The standard InChI is InChI=1S/C11H20O2/c1-4-5-6-7-9-8(2)10(9)11(12)13-3/h8-10H,4-7H2,1-3H3/t8-,9+,10-/m0/s1. The summed E-state index contributed by atoms with van der Waals surface area (Å²) >= 11 is 0. The van der Waals surface area contributed by atoms with E-state index in [2.05, 4.69) is 13.8 Å². The first kappa shape index (κ1) is 10.6. The summed E-state index contributed by atoms with van der Waals surface area (Å²) in [6, 6.07) is 0. The fraction of sp³-hybridized carbons (Fsp3) is 0.909. The Kier molecular flexibility index (Phi) is 3.76. The molecule has 0 radical (unpaired) electrons. The molecule has 76 valence electrons. The summed E-state index contributed by atoms with van der Waals surface area (Å²) in [4.78, 5) is 11.2. The van der Waals surface area contributed by atoms with Gasteiger partial charge in [-0.15, -0.1) is 0 Å². The molecule has 1 saturated carbocycles. The summed E-state index contributed by atoms with van der Waals surface area (Å²) in [7, 11) is 1.48. The fourth-order valence-corrected chi connectivity index (χ4v) is 2.14. The van der Waals surface area contributed by atoms with Crippen molar-refractivity contribution in [3.63, 3.8) is 0 Å². The van der Waals surface area contributed by atoms with Gasteiger partial charge in [-0.05, 0) is 18.3 Å². The summed E-state index contributed by atoms with van der Waals surface area (Å²) in [5.41, 5.74) is 0. The van der Waals surface area contributed by atoms with Crippen LogP contribution in [0.4, 0.5) is 0 Å². The lowest BCUT2D eigenvalue weighted by Crippen LogP contribution is -2.05. The molecule has 0 saturated heterocycles. The van der Waals surface area contributed by atoms with Crippen LogP contribution < -0.4 is 0 Å². The van der Waals surface area contributed by atoms with E-state index in [4.69, 9.17) is 4.74 Å². The van der Waals surface area contributed by atoms with Crippen LogP contribution in [0.1, 0.15) is 39.5 Å². The highest BCUT2D eigenvalue weighted by atomic mass is 16.5. The van der Waals surface area contributed by atoms with Gasteiger partial charge in [0.15, 0.2) is 0 Å².